The van der Waals surface area contributed by atoms with Crippen LogP contribution in [0.4, 0.5) is 11.4 Å². The minimum Gasteiger partial charge on any atom is -0.398 e. The van der Waals surface area contributed by atoms with Gasteiger partial charge in [0.25, 0.3) is 5.69 Å². The van der Waals surface area contributed by atoms with Gasteiger partial charge in [0.05, 0.1) is 4.92 Å². The first-order valence-corrected chi connectivity index (χ1v) is 5.87. The third-order valence-electron chi connectivity index (χ3n) is 2.87. The van der Waals surface area contributed by atoms with Crippen molar-refractivity contribution < 1.29 is 4.92 Å². The molecule has 0 atom stereocenters. The summed E-state index contributed by atoms with van der Waals surface area (Å²) in [5.74, 6) is 1.41. The summed E-state index contributed by atoms with van der Waals surface area (Å²) in [6, 6.07) is 4.54. The Morgan fingerprint density at radius 2 is 2.05 bits per heavy atom. The zero-order valence-corrected chi connectivity index (χ0v) is 11.0. The van der Waals surface area contributed by atoms with Gasteiger partial charge in [0.1, 0.15) is 5.82 Å². The van der Waals surface area contributed by atoms with Crippen LogP contribution in [0.1, 0.15) is 25.7 Å². The lowest BCUT2D eigenvalue weighted by molar-refractivity contribution is -0.384. The monoisotopic (exact) mass is 261 g/mol. The fourth-order valence-corrected chi connectivity index (χ4v) is 2.04. The van der Waals surface area contributed by atoms with E-state index in [-0.39, 0.29) is 11.7 Å². The molecule has 2 rings (SSSR count). The lowest BCUT2D eigenvalue weighted by Gasteiger charge is -2.13. The van der Waals surface area contributed by atoms with Crippen molar-refractivity contribution in [3.8, 4) is 11.4 Å². The van der Waals surface area contributed by atoms with Gasteiger partial charge in [-0.15, -0.1) is 10.2 Å². The van der Waals surface area contributed by atoms with E-state index in [0.29, 0.717) is 17.1 Å². The number of nitro groups is 1. The molecule has 0 aliphatic carbocycles. The molecule has 0 spiro atoms. The summed E-state index contributed by atoms with van der Waals surface area (Å²) in [7, 11) is 0. The Hall–Kier alpha value is -2.44. The van der Waals surface area contributed by atoms with Gasteiger partial charge in [-0.1, -0.05) is 0 Å². The second-order valence-electron chi connectivity index (χ2n) is 4.56. The number of aryl methyl sites for hydroxylation is 1. The number of aromatic nitrogens is 3. The van der Waals surface area contributed by atoms with Crippen LogP contribution < -0.4 is 5.73 Å². The topological polar surface area (TPSA) is 99.9 Å². The van der Waals surface area contributed by atoms with E-state index in [2.05, 4.69) is 10.2 Å². The van der Waals surface area contributed by atoms with E-state index in [9.17, 15) is 10.1 Å². The highest BCUT2D eigenvalue weighted by Crippen LogP contribution is 2.30. The molecular formula is C12H15N5O2. The summed E-state index contributed by atoms with van der Waals surface area (Å²) in [5.41, 5.74) is 6.83. The Balaban J connectivity index is 2.57. The summed E-state index contributed by atoms with van der Waals surface area (Å²) in [5, 5.41) is 18.8. The molecule has 0 amide bonds. The number of rotatable bonds is 3. The van der Waals surface area contributed by atoms with Crippen LogP contribution in [0.25, 0.3) is 11.4 Å². The Morgan fingerprint density at radius 1 is 1.37 bits per heavy atom. The van der Waals surface area contributed by atoms with Gasteiger partial charge in [-0.05, 0) is 26.8 Å². The van der Waals surface area contributed by atoms with Crippen LogP contribution in [-0.4, -0.2) is 19.7 Å². The summed E-state index contributed by atoms with van der Waals surface area (Å²) in [6.45, 7) is 5.89. The normalized spacial score (nSPS) is 10.9. The smallest absolute Gasteiger partial charge is 0.271 e. The number of nitrogen functional groups attached to an aromatic ring is 1. The van der Waals surface area contributed by atoms with Crippen molar-refractivity contribution >= 4 is 11.4 Å². The Kier molecular flexibility index (Phi) is 3.20. The Morgan fingerprint density at radius 3 is 2.58 bits per heavy atom. The van der Waals surface area contributed by atoms with Crippen molar-refractivity contribution in [3.63, 3.8) is 0 Å². The Bertz CT molecular complexity index is 633. The highest BCUT2D eigenvalue weighted by Gasteiger charge is 2.17. The number of anilines is 1. The van der Waals surface area contributed by atoms with E-state index < -0.39 is 4.92 Å². The first kappa shape index (κ1) is 13.0. The van der Waals surface area contributed by atoms with Crippen LogP contribution in [0.5, 0.6) is 0 Å². The second kappa shape index (κ2) is 4.68. The standard InChI is InChI=1S/C12H15N5O2/c1-7(2)16-8(3)14-15-12(16)10-5-4-9(17(18)19)6-11(10)13/h4-7H,13H2,1-3H3. The number of nitro benzene ring substituents is 1. The molecule has 2 N–H and O–H groups in total. The SMILES string of the molecule is Cc1nnc(-c2ccc([N+](=O)[O-])cc2N)n1C(C)C. The molecule has 7 heteroatoms. The predicted octanol–water partition coefficient (Wildman–Crippen LogP) is 2.32. The molecule has 1 aromatic heterocycles. The van der Waals surface area contributed by atoms with E-state index in [1.807, 2.05) is 25.3 Å². The van der Waals surface area contributed by atoms with Crippen LogP contribution >= 0.6 is 0 Å². The van der Waals surface area contributed by atoms with E-state index >= 15 is 0 Å². The van der Waals surface area contributed by atoms with Gasteiger partial charge in [0.2, 0.25) is 0 Å². The molecule has 2 aromatic rings. The molecule has 0 saturated carbocycles. The van der Waals surface area contributed by atoms with Gasteiger partial charge in [0, 0.05) is 29.4 Å². The molecule has 0 saturated heterocycles. The molecule has 1 aromatic carbocycles. The molecule has 0 aliphatic rings. The summed E-state index contributed by atoms with van der Waals surface area (Å²) < 4.78 is 1.94. The number of hydrogen-bond acceptors (Lipinski definition) is 5. The minimum absolute atomic E-state index is 0.0337. The van der Waals surface area contributed by atoms with Crippen molar-refractivity contribution in [2.45, 2.75) is 26.8 Å². The van der Waals surface area contributed by atoms with Gasteiger partial charge in [0.15, 0.2) is 5.82 Å². The lowest BCUT2D eigenvalue weighted by atomic mass is 10.1. The van der Waals surface area contributed by atoms with Crippen molar-refractivity contribution in [2.24, 2.45) is 0 Å². The maximum absolute atomic E-state index is 10.7. The highest BCUT2D eigenvalue weighted by molar-refractivity contribution is 5.74. The van der Waals surface area contributed by atoms with Crippen molar-refractivity contribution in [1.82, 2.24) is 14.8 Å². The molecule has 7 nitrogen and oxygen atoms in total. The van der Waals surface area contributed by atoms with E-state index in [0.717, 1.165) is 5.82 Å². The number of non-ortho nitro benzene ring substituents is 1. The van der Waals surface area contributed by atoms with Gasteiger partial charge < -0.3 is 10.3 Å². The van der Waals surface area contributed by atoms with E-state index in [1.54, 1.807) is 6.07 Å². The number of nitrogens with zero attached hydrogens (tertiary/aromatic N) is 4. The molecule has 100 valence electrons. The third kappa shape index (κ3) is 2.26. The highest BCUT2D eigenvalue weighted by atomic mass is 16.6. The summed E-state index contributed by atoms with van der Waals surface area (Å²) in [6.07, 6.45) is 0. The number of nitrogens with two attached hydrogens (primary N) is 1. The van der Waals surface area contributed by atoms with Crippen LogP contribution in [0.15, 0.2) is 18.2 Å². The van der Waals surface area contributed by atoms with Crippen LogP contribution in [0.3, 0.4) is 0 Å². The fraction of sp³-hybridized carbons (Fsp3) is 0.333. The largest absolute Gasteiger partial charge is 0.398 e. The minimum atomic E-state index is -0.474. The van der Waals surface area contributed by atoms with Gasteiger partial charge in [-0.3, -0.25) is 10.1 Å². The van der Waals surface area contributed by atoms with Gasteiger partial charge >= 0.3 is 0 Å². The van der Waals surface area contributed by atoms with Crippen molar-refractivity contribution in [1.29, 1.82) is 0 Å². The first-order valence-electron chi connectivity index (χ1n) is 5.87. The summed E-state index contributed by atoms with van der Waals surface area (Å²) >= 11 is 0. The van der Waals surface area contributed by atoms with Crippen LogP contribution in [-0.2, 0) is 0 Å². The second-order valence-corrected chi connectivity index (χ2v) is 4.56. The average Bonchev–Trinajstić information content (AvgIpc) is 2.70. The maximum atomic E-state index is 10.7. The molecule has 0 aliphatic heterocycles. The first-order chi connectivity index (χ1) is 8.91. The van der Waals surface area contributed by atoms with Crippen LogP contribution in [0.2, 0.25) is 0 Å². The Labute approximate surface area is 110 Å². The zero-order chi connectivity index (χ0) is 14.2. The number of benzene rings is 1. The van der Waals surface area contributed by atoms with E-state index in [4.69, 9.17) is 5.73 Å². The van der Waals surface area contributed by atoms with Crippen molar-refractivity contribution in [2.75, 3.05) is 5.73 Å². The molecule has 19 heavy (non-hydrogen) atoms. The fourth-order valence-electron chi connectivity index (χ4n) is 2.04. The third-order valence-corrected chi connectivity index (χ3v) is 2.87. The quantitative estimate of drug-likeness (QED) is 0.519. The molecule has 0 radical (unpaired) electrons. The predicted molar refractivity (Wildman–Crippen MR) is 71.6 cm³/mol. The van der Waals surface area contributed by atoms with Gasteiger partial charge in [-0.2, -0.15) is 0 Å². The van der Waals surface area contributed by atoms with Gasteiger partial charge in [-0.25, -0.2) is 0 Å². The lowest BCUT2D eigenvalue weighted by Crippen LogP contribution is -2.06. The zero-order valence-electron chi connectivity index (χ0n) is 11.0. The molecular weight excluding hydrogens is 246 g/mol. The molecule has 0 unspecified atom stereocenters. The molecule has 0 bridgehead atoms. The molecule has 1 heterocycles. The summed E-state index contributed by atoms with van der Waals surface area (Å²) in [4.78, 5) is 10.2. The number of hydrogen-bond donors (Lipinski definition) is 1. The average molecular weight is 261 g/mol. The molecule has 0 fully saturated rings. The maximum Gasteiger partial charge on any atom is 0.271 e. The van der Waals surface area contributed by atoms with E-state index in [1.165, 1.54) is 12.1 Å². The van der Waals surface area contributed by atoms with Crippen molar-refractivity contribution in [3.05, 3.63) is 34.1 Å². The van der Waals surface area contributed by atoms with Crippen LogP contribution in [0, 0.1) is 17.0 Å².